The number of H-pyrrole nitrogens is 1. The highest BCUT2D eigenvalue weighted by Gasteiger charge is 2.20. The topological polar surface area (TPSA) is 33.6 Å². The van der Waals surface area contributed by atoms with Gasteiger partial charge in [-0.15, -0.1) is 11.3 Å². The molecule has 0 aliphatic carbocycles. The van der Waals surface area contributed by atoms with Crippen LogP contribution in [0.2, 0.25) is 20.1 Å². The summed E-state index contributed by atoms with van der Waals surface area (Å²) in [6.07, 6.45) is 2.71. The summed E-state index contributed by atoms with van der Waals surface area (Å²) in [7, 11) is 0. The van der Waals surface area contributed by atoms with Crippen molar-refractivity contribution in [2.24, 2.45) is 0 Å². The van der Waals surface area contributed by atoms with Crippen LogP contribution in [0.1, 0.15) is 24.9 Å². The molecule has 0 saturated carbocycles. The molecule has 0 amide bonds. The summed E-state index contributed by atoms with van der Waals surface area (Å²) < 4.78 is 2.70. The molecule has 2 heterocycles. The Hall–Kier alpha value is -1.34. The van der Waals surface area contributed by atoms with Crippen LogP contribution in [0.4, 0.5) is 0 Å². The number of halogens is 4. The van der Waals surface area contributed by atoms with Crippen LogP contribution in [-0.4, -0.2) is 14.5 Å². The monoisotopic (exact) mass is 513 g/mol. The molecule has 30 heavy (non-hydrogen) atoms. The summed E-state index contributed by atoms with van der Waals surface area (Å²) in [5.74, 6) is 0. The third kappa shape index (κ3) is 4.20. The van der Waals surface area contributed by atoms with E-state index >= 15 is 0 Å². The van der Waals surface area contributed by atoms with Crippen LogP contribution in [-0.2, 0) is 0 Å². The van der Waals surface area contributed by atoms with Gasteiger partial charge >= 0.3 is 0 Å². The summed E-state index contributed by atoms with van der Waals surface area (Å²) in [6.45, 7) is 2.11. The Bertz CT molecular complexity index is 1280. The van der Waals surface area contributed by atoms with Gasteiger partial charge in [-0.3, -0.25) is 0 Å². The first-order valence-electron chi connectivity index (χ1n) is 9.05. The molecule has 154 valence electrons. The second-order valence-corrected chi connectivity index (χ2v) is 9.49. The van der Waals surface area contributed by atoms with E-state index in [1.807, 2.05) is 41.9 Å². The minimum atomic E-state index is -0.00848. The zero-order valence-corrected chi connectivity index (χ0v) is 20.3. The Morgan fingerprint density at radius 3 is 2.40 bits per heavy atom. The van der Waals surface area contributed by atoms with Gasteiger partial charge in [0, 0.05) is 17.1 Å². The van der Waals surface area contributed by atoms with Gasteiger partial charge in [0.2, 0.25) is 0 Å². The van der Waals surface area contributed by atoms with Crippen LogP contribution in [0.5, 0.6) is 0 Å². The lowest BCUT2D eigenvalue weighted by atomic mass is 10.0. The minimum absolute atomic E-state index is 0.00848. The minimum Gasteiger partial charge on any atom is -0.337 e. The van der Waals surface area contributed by atoms with Gasteiger partial charge in [0.1, 0.15) is 5.01 Å². The van der Waals surface area contributed by atoms with Gasteiger partial charge in [-0.1, -0.05) is 65.5 Å². The molecule has 1 atom stereocenters. The van der Waals surface area contributed by atoms with Crippen LogP contribution >= 0.6 is 70.0 Å². The summed E-state index contributed by atoms with van der Waals surface area (Å²) >= 11 is 31.7. The van der Waals surface area contributed by atoms with Crippen molar-refractivity contribution < 1.29 is 0 Å². The molecule has 0 aliphatic heterocycles. The van der Waals surface area contributed by atoms with E-state index in [0.29, 0.717) is 24.9 Å². The summed E-state index contributed by atoms with van der Waals surface area (Å²) in [5, 5.41) is 4.91. The average molecular weight is 515 g/mol. The Balaban J connectivity index is 1.77. The molecule has 9 heteroatoms. The highest BCUT2D eigenvalue weighted by Crippen LogP contribution is 2.36. The van der Waals surface area contributed by atoms with E-state index in [1.165, 1.54) is 0 Å². The maximum atomic E-state index is 6.26. The number of aromatic amines is 1. The molecule has 0 spiro atoms. The predicted octanol–water partition coefficient (Wildman–Crippen LogP) is 8.95. The molecule has 0 saturated heterocycles. The van der Waals surface area contributed by atoms with Crippen LogP contribution in [0.25, 0.3) is 22.0 Å². The van der Waals surface area contributed by atoms with Gasteiger partial charge in [0.15, 0.2) is 4.77 Å². The highest BCUT2D eigenvalue weighted by atomic mass is 35.5. The van der Waals surface area contributed by atoms with Crippen molar-refractivity contribution in [3.05, 3.63) is 78.4 Å². The standard InChI is InChI=1S/C21H15Cl4N3S2/c1-2-18(12-4-6-14(23)16(25)8-12)28-19(9-26-21(28)29)20-27-17(10-30-20)11-3-5-13(22)15(24)7-11/h3-10,18H,2H2,1H3,(H,26,29). The molecule has 3 nitrogen and oxygen atoms in total. The van der Waals surface area contributed by atoms with Crippen molar-refractivity contribution in [3.8, 4) is 22.0 Å². The molecular formula is C21H15Cl4N3S2. The van der Waals surface area contributed by atoms with Crippen LogP contribution in [0.3, 0.4) is 0 Å². The predicted molar refractivity (Wildman–Crippen MR) is 131 cm³/mol. The third-order valence-corrected chi connectivity index (χ3v) is 7.43. The number of nitrogens with one attached hydrogen (secondary N) is 1. The van der Waals surface area contributed by atoms with E-state index in [2.05, 4.69) is 16.5 Å². The molecule has 4 rings (SSSR count). The lowest BCUT2D eigenvalue weighted by Gasteiger charge is -2.20. The first-order valence-corrected chi connectivity index (χ1v) is 11.8. The van der Waals surface area contributed by atoms with Gasteiger partial charge in [-0.2, -0.15) is 0 Å². The number of imidazole rings is 1. The van der Waals surface area contributed by atoms with Crippen LogP contribution < -0.4 is 0 Å². The Morgan fingerprint density at radius 2 is 1.73 bits per heavy atom. The first kappa shape index (κ1) is 21.9. The highest BCUT2D eigenvalue weighted by molar-refractivity contribution is 7.71. The molecule has 1 unspecified atom stereocenters. The van der Waals surface area contributed by atoms with Gasteiger partial charge < -0.3 is 9.55 Å². The molecule has 0 aliphatic rings. The quantitative estimate of drug-likeness (QED) is 0.269. The molecule has 1 N–H and O–H groups in total. The lowest BCUT2D eigenvalue weighted by Crippen LogP contribution is -2.11. The van der Waals surface area contributed by atoms with Gasteiger partial charge in [-0.05, 0) is 48.5 Å². The smallest absolute Gasteiger partial charge is 0.178 e. The van der Waals surface area contributed by atoms with Gasteiger partial charge in [0.25, 0.3) is 0 Å². The second kappa shape index (κ2) is 9.03. The van der Waals surface area contributed by atoms with Crippen LogP contribution in [0, 0.1) is 4.77 Å². The van der Waals surface area contributed by atoms with Crippen molar-refractivity contribution >= 4 is 70.0 Å². The van der Waals surface area contributed by atoms with Crippen molar-refractivity contribution in [2.75, 3.05) is 0 Å². The fourth-order valence-electron chi connectivity index (χ4n) is 3.32. The largest absolute Gasteiger partial charge is 0.337 e. The molecule has 4 aromatic rings. The number of hydrogen-bond acceptors (Lipinski definition) is 3. The van der Waals surface area contributed by atoms with Crippen molar-refractivity contribution in [1.82, 2.24) is 14.5 Å². The molecule has 2 aromatic carbocycles. The molecule has 2 aromatic heterocycles. The van der Waals surface area contributed by atoms with Crippen molar-refractivity contribution in [2.45, 2.75) is 19.4 Å². The summed E-state index contributed by atoms with van der Waals surface area (Å²) in [6, 6.07) is 11.2. The Morgan fingerprint density at radius 1 is 1.03 bits per heavy atom. The number of thiazole rings is 1. The van der Waals surface area contributed by atoms with Crippen LogP contribution in [0.15, 0.2) is 48.0 Å². The van der Waals surface area contributed by atoms with E-state index in [1.54, 1.807) is 17.4 Å². The average Bonchev–Trinajstić information content (AvgIpc) is 3.35. The Kier molecular flexibility index (Phi) is 6.58. The van der Waals surface area contributed by atoms with Gasteiger partial charge in [0.05, 0.1) is 37.5 Å². The maximum absolute atomic E-state index is 6.26. The van der Waals surface area contributed by atoms with E-state index in [9.17, 15) is 0 Å². The fraction of sp³-hybridized carbons (Fsp3) is 0.143. The number of rotatable bonds is 5. The van der Waals surface area contributed by atoms with E-state index < -0.39 is 0 Å². The number of benzene rings is 2. The maximum Gasteiger partial charge on any atom is 0.178 e. The number of hydrogen-bond donors (Lipinski definition) is 1. The van der Waals surface area contributed by atoms with Crippen molar-refractivity contribution in [3.63, 3.8) is 0 Å². The molecule has 0 fully saturated rings. The summed E-state index contributed by atoms with van der Waals surface area (Å²) in [5.41, 5.74) is 3.68. The molecule has 0 bridgehead atoms. The summed E-state index contributed by atoms with van der Waals surface area (Å²) in [4.78, 5) is 7.98. The fourth-order valence-corrected chi connectivity index (χ4v) is 5.05. The Labute approximate surface area is 203 Å². The zero-order valence-electron chi connectivity index (χ0n) is 15.6. The normalized spacial score (nSPS) is 12.3. The molecule has 0 radical (unpaired) electrons. The first-order chi connectivity index (χ1) is 14.4. The van der Waals surface area contributed by atoms with Crippen molar-refractivity contribution in [1.29, 1.82) is 0 Å². The zero-order chi connectivity index (χ0) is 21.4. The molecular weight excluding hydrogens is 500 g/mol. The van der Waals surface area contributed by atoms with Gasteiger partial charge in [-0.25, -0.2) is 4.98 Å². The van der Waals surface area contributed by atoms with E-state index in [4.69, 9.17) is 63.6 Å². The third-order valence-electron chi connectivity index (χ3n) is 4.78. The van der Waals surface area contributed by atoms with E-state index in [-0.39, 0.29) is 6.04 Å². The number of aromatic nitrogens is 3. The second-order valence-electron chi connectivity index (χ2n) is 6.61. The van der Waals surface area contributed by atoms with E-state index in [0.717, 1.165) is 33.9 Å². The SMILES string of the molecule is CCC(c1ccc(Cl)c(Cl)c1)n1c(-c2nc(-c3ccc(Cl)c(Cl)c3)cs2)c[nH]c1=S. The lowest BCUT2D eigenvalue weighted by molar-refractivity contribution is 0.565. The number of nitrogens with zero attached hydrogens (tertiary/aromatic N) is 2.